The molecule has 2 aromatic carbocycles. The van der Waals surface area contributed by atoms with Crippen LogP contribution in [0.15, 0.2) is 65.7 Å². The second-order valence-electron chi connectivity index (χ2n) is 7.59. The molecule has 0 radical (unpaired) electrons. The van der Waals surface area contributed by atoms with Crippen LogP contribution >= 0.6 is 11.6 Å². The number of rotatable bonds is 4. The first-order valence-corrected chi connectivity index (χ1v) is 10.7. The third-order valence-electron chi connectivity index (χ3n) is 5.45. The maximum atomic E-state index is 13.2. The maximum absolute atomic E-state index is 13.2. The van der Waals surface area contributed by atoms with Gasteiger partial charge in [0.25, 0.3) is 5.56 Å². The van der Waals surface area contributed by atoms with E-state index in [1.165, 1.54) is 6.20 Å². The largest absolute Gasteiger partial charge is 0.486 e. The first-order chi connectivity index (χ1) is 16.2. The van der Waals surface area contributed by atoms with Gasteiger partial charge in [0.15, 0.2) is 17.1 Å². The molecule has 0 aliphatic carbocycles. The summed E-state index contributed by atoms with van der Waals surface area (Å²) in [6.07, 6.45) is 2.96. The summed E-state index contributed by atoms with van der Waals surface area (Å²) in [6.45, 7) is 0.771. The number of ether oxygens (including phenoxy) is 2. The summed E-state index contributed by atoms with van der Waals surface area (Å²) in [6, 6.07) is 14.6. The Morgan fingerprint density at radius 1 is 1.12 bits per heavy atom. The van der Waals surface area contributed by atoms with Gasteiger partial charge in [0, 0.05) is 17.3 Å². The number of nitrogens with one attached hydrogen (secondary N) is 2. The van der Waals surface area contributed by atoms with Crippen molar-refractivity contribution in [1.29, 1.82) is 0 Å². The fraction of sp³-hybridized carbons (Fsp3) is 0.130. The molecule has 1 atom stereocenters. The van der Waals surface area contributed by atoms with Gasteiger partial charge in [-0.3, -0.25) is 14.5 Å². The molecule has 0 amide bonds. The van der Waals surface area contributed by atoms with Crippen LogP contribution in [0.2, 0.25) is 5.02 Å². The summed E-state index contributed by atoms with van der Waals surface area (Å²) < 4.78 is 13.3. The first kappa shape index (κ1) is 19.6. The van der Waals surface area contributed by atoms with Crippen LogP contribution in [0.25, 0.3) is 27.6 Å². The van der Waals surface area contributed by atoms with E-state index < -0.39 is 0 Å². The summed E-state index contributed by atoms with van der Waals surface area (Å²) >= 11 is 6.00. The topological polar surface area (TPSA) is 107 Å². The van der Waals surface area contributed by atoms with Crippen molar-refractivity contribution in [2.45, 2.75) is 6.10 Å². The average molecular weight is 461 g/mol. The molecule has 0 spiro atoms. The third-order valence-corrected chi connectivity index (χ3v) is 5.68. The summed E-state index contributed by atoms with van der Waals surface area (Å²) in [4.78, 5) is 22.3. The van der Waals surface area contributed by atoms with E-state index in [2.05, 4.69) is 25.5 Å². The van der Waals surface area contributed by atoms with Gasteiger partial charge in [-0.1, -0.05) is 29.8 Å². The van der Waals surface area contributed by atoms with E-state index >= 15 is 0 Å². The van der Waals surface area contributed by atoms with Crippen molar-refractivity contribution < 1.29 is 9.47 Å². The smallest absolute Gasteiger partial charge is 0.267 e. The number of aromatic nitrogens is 5. The molecule has 6 rings (SSSR count). The van der Waals surface area contributed by atoms with E-state index in [1.807, 2.05) is 30.3 Å². The molecule has 0 unspecified atom stereocenters. The second kappa shape index (κ2) is 7.79. The van der Waals surface area contributed by atoms with E-state index in [0.717, 1.165) is 0 Å². The Hall–Kier alpha value is -4.11. The number of hydrogen-bond acceptors (Lipinski definition) is 7. The molecule has 164 valence electrons. The minimum atomic E-state index is -0.246. The van der Waals surface area contributed by atoms with Crippen LogP contribution in [-0.4, -0.2) is 44.0 Å². The minimum Gasteiger partial charge on any atom is -0.486 e. The van der Waals surface area contributed by atoms with Gasteiger partial charge < -0.3 is 14.8 Å². The van der Waals surface area contributed by atoms with Crippen molar-refractivity contribution in [2.75, 3.05) is 18.5 Å². The maximum Gasteiger partial charge on any atom is 0.267 e. The normalized spacial score (nSPS) is 15.1. The highest BCUT2D eigenvalue weighted by molar-refractivity contribution is 6.30. The lowest BCUT2D eigenvalue weighted by Crippen LogP contribution is -2.35. The van der Waals surface area contributed by atoms with Crippen molar-refractivity contribution in [1.82, 2.24) is 24.7 Å². The van der Waals surface area contributed by atoms with Crippen LogP contribution in [0.3, 0.4) is 0 Å². The van der Waals surface area contributed by atoms with Crippen LogP contribution in [0.4, 0.5) is 5.95 Å². The molecule has 1 aliphatic heterocycles. The number of benzene rings is 2. The molecule has 4 heterocycles. The van der Waals surface area contributed by atoms with Gasteiger partial charge in [-0.2, -0.15) is 10.1 Å². The SMILES string of the molecule is O=c1c2cn[nH]c2c2cnc(NC[C@H]3COc4cc(Cl)ccc4O3)nc2n1-c1ccccc1. The Kier molecular flexibility index (Phi) is 4.62. The molecule has 5 aromatic rings. The van der Waals surface area contributed by atoms with Gasteiger partial charge in [0.1, 0.15) is 12.7 Å². The van der Waals surface area contributed by atoms with E-state index in [1.54, 1.807) is 29.0 Å². The van der Waals surface area contributed by atoms with Crippen LogP contribution < -0.4 is 20.3 Å². The Morgan fingerprint density at radius 2 is 2.00 bits per heavy atom. The number of hydrogen-bond donors (Lipinski definition) is 2. The first-order valence-electron chi connectivity index (χ1n) is 10.3. The fourth-order valence-electron chi connectivity index (χ4n) is 3.89. The number of nitrogens with zero attached hydrogens (tertiary/aromatic N) is 4. The Bertz CT molecular complexity index is 1550. The summed E-state index contributed by atoms with van der Waals surface area (Å²) in [7, 11) is 0. The number of halogens is 1. The van der Waals surface area contributed by atoms with Gasteiger partial charge in [0.2, 0.25) is 5.95 Å². The number of aromatic amines is 1. The van der Waals surface area contributed by atoms with Crippen molar-refractivity contribution >= 4 is 39.5 Å². The second-order valence-corrected chi connectivity index (χ2v) is 8.02. The van der Waals surface area contributed by atoms with E-state index in [-0.39, 0.29) is 11.7 Å². The standard InChI is InChI=1S/C23H17ClN6O3/c24-13-6-7-18-19(8-13)32-12-15(33-18)9-25-23-26-10-16-20-17(11-27-29-20)22(31)30(21(16)28-23)14-4-2-1-3-5-14/h1-8,10-11,15H,9,12H2,(H,27,29)(H,25,26,28)/t15-/m0/s1. The molecule has 10 heteroatoms. The molecule has 0 fully saturated rings. The van der Waals surface area contributed by atoms with Crippen LogP contribution in [0, 0.1) is 0 Å². The highest BCUT2D eigenvalue weighted by atomic mass is 35.5. The predicted molar refractivity (Wildman–Crippen MR) is 125 cm³/mol. The third kappa shape index (κ3) is 3.42. The van der Waals surface area contributed by atoms with Gasteiger partial charge >= 0.3 is 0 Å². The molecular weight excluding hydrogens is 444 g/mol. The fourth-order valence-corrected chi connectivity index (χ4v) is 4.05. The quantitative estimate of drug-likeness (QED) is 0.422. The van der Waals surface area contributed by atoms with Crippen LogP contribution in [0.1, 0.15) is 0 Å². The van der Waals surface area contributed by atoms with Gasteiger partial charge in [0.05, 0.1) is 34.7 Å². The molecule has 9 nitrogen and oxygen atoms in total. The highest BCUT2D eigenvalue weighted by Gasteiger charge is 2.22. The van der Waals surface area contributed by atoms with E-state index in [4.69, 9.17) is 21.1 Å². The summed E-state index contributed by atoms with van der Waals surface area (Å²) in [5.74, 6) is 1.63. The zero-order valence-electron chi connectivity index (χ0n) is 17.2. The molecule has 3 aromatic heterocycles. The number of anilines is 1. The number of H-pyrrole nitrogens is 1. The molecule has 2 N–H and O–H groups in total. The minimum absolute atomic E-state index is 0.207. The molecular formula is C23H17ClN6O3. The Labute approximate surface area is 192 Å². The zero-order valence-corrected chi connectivity index (χ0v) is 17.9. The van der Waals surface area contributed by atoms with Crippen molar-refractivity contribution in [3.8, 4) is 17.2 Å². The number of fused-ring (bicyclic) bond motifs is 4. The van der Waals surface area contributed by atoms with Crippen molar-refractivity contribution in [3.63, 3.8) is 0 Å². The number of pyridine rings is 1. The Morgan fingerprint density at radius 3 is 2.88 bits per heavy atom. The molecule has 0 saturated heterocycles. The summed E-state index contributed by atoms with van der Waals surface area (Å²) in [5, 5.41) is 11.9. The van der Waals surface area contributed by atoms with E-state index in [0.29, 0.717) is 63.2 Å². The lowest BCUT2D eigenvalue weighted by atomic mass is 10.2. The van der Waals surface area contributed by atoms with Gasteiger partial charge in [-0.15, -0.1) is 0 Å². The molecule has 0 bridgehead atoms. The molecule has 33 heavy (non-hydrogen) atoms. The molecule has 1 aliphatic rings. The average Bonchev–Trinajstić information content (AvgIpc) is 3.34. The van der Waals surface area contributed by atoms with Crippen LogP contribution in [-0.2, 0) is 0 Å². The zero-order chi connectivity index (χ0) is 22.4. The van der Waals surface area contributed by atoms with Crippen molar-refractivity contribution in [2.24, 2.45) is 0 Å². The van der Waals surface area contributed by atoms with Crippen LogP contribution in [0.5, 0.6) is 11.5 Å². The predicted octanol–water partition coefficient (Wildman–Crippen LogP) is 3.56. The highest BCUT2D eigenvalue weighted by Crippen LogP contribution is 2.34. The molecule has 0 saturated carbocycles. The monoisotopic (exact) mass is 460 g/mol. The summed E-state index contributed by atoms with van der Waals surface area (Å²) in [5.41, 5.74) is 1.58. The van der Waals surface area contributed by atoms with Crippen molar-refractivity contribution in [3.05, 3.63) is 76.3 Å². The lowest BCUT2D eigenvalue weighted by Gasteiger charge is -2.26. The van der Waals surface area contributed by atoms with E-state index in [9.17, 15) is 4.79 Å². The Balaban J connectivity index is 1.35. The van der Waals surface area contributed by atoms with Gasteiger partial charge in [-0.25, -0.2) is 4.98 Å². The van der Waals surface area contributed by atoms with Gasteiger partial charge in [-0.05, 0) is 24.3 Å². The lowest BCUT2D eigenvalue weighted by molar-refractivity contribution is 0.0996. The number of para-hydroxylation sites is 1.